The summed E-state index contributed by atoms with van der Waals surface area (Å²) in [6.45, 7) is 0.696. The number of carbonyl (C=O) groups excluding carboxylic acids is 1. The van der Waals surface area contributed by atoms with Crippen molar-refractivity contribution in [2.24, 2.45) is 0 Å². The Balaban J connectivity index is 1.71. The van der Waals surface area contributed by atoms with E-state index in [0.717, 1.165) is 35.5 Å². The van der Waals surface area contributed by atoms with Gasteiger partial charge in [-0.05, 0) is 25.3 Å². The first-order valence-corrected chi connectivity index (χ1v) is 9.58. The highest BCUT2D eigenvalue weighted by Crippen LogP contribution is 2.30. The highest BCUT2D eigenvalue weighted by molar-refractivity contribution is 7.15. The zero-order chi connectivity index (χ0) is 17.4. The number of nitrogens with zero attached hydrogens (tertiary/aromatic N) is 3. The Labute approximate surface area is 154 Å². The van der Waals surface area contributed by atoms with Gasteiger partial charge in [0.1, 0.15) is 5.69 Å². The summed E-state index contributed by atoms with van der Waals surface area (Å²) in [5.41, 5.74) is 2.19. The van der Waals surface area contributed by atoms with Crippen molar-refractivity contribution >= 4 is 33.8 Å². The summed E-state index contributed by atoms with van der Waals surface area (Å²) in [4.78, 5) is 20.2. The fourth-order valence-corrected chi connectivity index (χ4v) is 4.42. The van der Waals surface area contributed by atoms with Crippen molar-refractivity contribution in [2.45, 2.75) is 25.3 Å². The van der Waals surface area contributed by atoms with Crippen LogP contribution in [-0.4, -0.2) is 44.5 Å². The molecular formula is C18H18ClN3O2S. The van der Waals surface area contributed by atoms with E-state index in [1.807, 2.05) is 40.2 Å². The Morgan fingerprint density at radius 2 is 2.20 bits per heavy atom. The third-order valence-corrected chi connectivity index (χ3v) is 5.85. The van der Waals surface area contributed by atoms with Crippen molar-refractivity contribution in [3.05, 3.63) is 46.6 Å². The number of aliphatic hydroxyl groups excluding tert-OH is 1. The fourth-order valence-electron chi connectivity index (χ4n) is 3.34. The number of rotatable bonds is 3. The highest BCUT2D eigenvalue weighted by atomic mass is 35.5. The summed E-state index contributed by atoms with van der Waals surface area (Å²) in [5, 5.41) is 12.1. The van der Waals surface area contributed by atoms with Crippen LogP contribution in [0.2, 0.25) is 5.02 Å². The van der Waals surface area contributed by atoms with Crippen LogP contribution < -0.4 is 0 Å². The van der Waals surface area contributed by atoms with Crippen molar-refractivity contribution in [3.8, 4) is 11.3 Å². The molecule has 4 rings (SSSR count). The van der Waals surface area contributed by atoms with E-state index < -0.39 is 0 Å². The number of aliphatic hydroxyl groups is 1. The summed E-state index contributed by atoms with van der Waals surface area (Å²) in [7, 11) is 0. The first kappa shape index (κ1) is 16.6. The van der Waals surface area contributed by atoms with Gasteiger partial charge in [-0.3, -0.25) is 9.20 Å². The number of fused-ring (bicyclic) bond motifs is 1. The first-order chi connectivity index (χ1) is 12.2. The molecule has 2 aromatic heterocycles. The molecule has 0 saturated carbocycles. The van der Waals surface area contributed by atoms with Crippen molar-refractivity contribution in [1.82, 2.24) is 14.3 Å². The average molecular weight is 376 g/mol. The highest BCUT2D eigenvalue weighted by Gasteiger charge is 2.29. The molecule has 130 valence electrons. The van der Waals surface area contributed by atoms with Gasteiger partial charge >= 0.3 is 0 Å². The summed E-state index contributed by atoms with van der Waals surface area (Å²) in [6.07, 6.45) is 4.74. The van der Waals surface area contributed by atoms with Crippen LogP contribution in [0, 0.1) is 0 Å². The number of hydrogen-bond acceptors (Lipinski definition) is 4. The van der Waals surface area contributed by atoms with Crippen LogP contribution in [0.15, 0.2) is 35.8 Å². The molecule has 1 aliphatic heterocycles. The van der Waals surface area contributed by atoms with Gasteiger partial charge in [-0.25, -0.2) is 4.98 Å². The number of amides is 1. The van der Waals surface area contributed by atoms with Gasteiger partial charge in [0.2, 0.25) is 0 Å². The number of piperidine rings is 1. The van der Waals surface area contributed by atoms with E-state index in [2.05, 4.69) is 4.98 Å². The normalized spacial score (nSPS) is 18.0. The molecule has 1 N–H and O–H groups in total. The summed E-state index contributed by atoms with van der Waals surface area (Å²) in [6, 6.07) is 7.45. The van der Waals surface area contributed by atoms with E-state index >= 15 is 0 Å². The van der Waals surface area contributed by atoms with E-state index in [-0.39, 0.29) is 18.6 Å². The largest absolute Gasteiger partial charge is 0.394 e. The molecule has 7 heteroatoms. The van der Waals surface area contributed by atoms with Gasteiger partial charge < -0.3 is 10.0 Å². The van der Waals surface area contributed by atoms with E-state index in [4.69, 9.17) is 11.6 Å². The van der Waals surface area contributed by atoms with Crippen molar-refractivity contribution in [3.63, 3.8) is 0 Å². The molecule has 0 unspecified atom stereocenters. The minimum absolute atomic E-state index is 0.00776. The van der Waals surface area contributed by atoms with Crippen LogP contribution in [-0.2, 0) is 0 Å². The molecule has 1 atom stereocenters. The lowest BCUT2D eigenvalue weighted by molar-refractivity contribution is 0.0496. The van der Waals surface area contributed by atoms with Crippen LogP contribution in [0.3, 0.4) is 0 Å². The third kappa shape index (κ3) is 2.94. The lowest BCUT2D eigenvalue weighted by Gasteiger charge is -2.34. The number of likely N-dealkylation sites (tertiary alicyclic amines) is 1. The fraction of sp³-hybridized carbons (Fsp3) is 0.333. The Hall–Kier alpha value is -1.89. The standard InChI is InChI=1S/C18H18ClN3O2S/c19-14-7-2-1-6-13(14)15-9-22-16(11-25-18(22)20-15)17(24)21-8-4-3-5-12(21)10-23/h1-2,6-7,9,11-12,23H,3-5,8,10H2/t12-/m0/s1. The van der Waals surface area contributed by atoms with Crippen molar-refractivity contribution < 1.29 is 9.90 Å². The Kier molecular flexibility index (Phi) is 4.50. The molecule has 5 nitrogen and oxygen atoms in total. The molecule has 25 heavy (non-hydrogen) atoms. The van der Waals surface area contributed by atoms with E-state index in [0.29, 0.717) is 17.3 Å². The number of benzene rings is 1. The monoisotopic (exact) mass is 375 g/mol. The molecule has 0 bridgehead atoms. The predicted molar refractivity (Wildman–Crippen MR) is 99.3 cm³/mol. The molecule has 3 aromatic rings. The number of thiazole rings is 1. The summed E-state index contributed by atoms with van der Waals surface area (Å²) < 4.78 is 1.83. The van der Waals surface area contributed by atoms with Crippen molar-refractivity contribution in [1.29, 1.82) is 0 Å². The maximum Gasteiger partial charge on any atom is 0.272 e. The molecule has 1 aromatic carbocycles. The maximum absolute atomic E-state index is 13.0. The molecular weight excluding hydrogens is 358 g/mol. The maximum atomic E-state index is 13.0. The zero-order valence-electron chi connectivity index (χ0n) is 13.6. The van der Waals surface area contributed by atoms with Crippen LogP contribution in [0.25, 0.3) is 16.2 Å². The lowest BCUT2D eigenvalue weighted by Crippen LogP contribution is -2.45. The minimum Gasteiger partial charge on any atom is -0.394 e. The molecule has 0 aliphatic carbocycles. The molecule has 3 heterocycles. The molecule has 0 spiro atoms. The number of carbonyl (C=O) groups is 1. The molecule has 1 fully saturated rings. The van der Waals surface area contributed by atoms with Crippen LogP contribution in [0.5, 0.6) is 0 Å². The van der Waals surface area contributed by atoms with Gasteiger partial charge in [0, 0.05) is 23.7 Å². The predicted octanol–water partition coefficient (Wildman–Crippen LogP) is 3.70. The smallest absolute Gasteiger partial charge is 0.272 e. The number of halogens is 1. The molecule has 0 radical (unpaired) electrons. The zero-order valence-corrected chi connectivity index (χ0v) is 15.1. The quantitative estimate of drug-likeness (QED) is 0.759. The van der Waals surface area contributed by atoms with Crippen LogP contribution in [0.4, 0.5) is 0 Å². The summed E-state index contributed by atoms with van der Waals surface area (Å²) >= 11 is 7.70. The Bertz CT molecular complexity index is 920. The van der Waals surface area contributed by atoms with Gasteiger partial charge in [0.25, 0.3) is 5.91 Å². The second kappa shape index (κ2) is 6.78. The van der Waals surface area contributed by atoms with Crippen LogP contribution in [0.1, 0.15) is 29.8 Å². The van der Waals surface area contributed by atoms with Gasteiger partial charge in [-0.2, -0.15) is 0 Å². The Morgan fingerprint density at radius 3 is 3.00 bits per heavy atom. The number of aromatic nitrogens is 2. The first-order valence-electron chi connectivity index (χ1n) is 8.32. The lowest BCUT2D eigenvalue weighted by atomic mass is 10.0. The molecule has 1 saturated heterocycles. The van der Waals surface area contributed by atoms with Gasteiger partial charge in [-0.1, -0.05) is 29.8 Å². The SMILES string of the molecule is O=C(c1csc2nc(-c3ccccc3Cl)cn12)N1CCCC[C@H]1CO. The Morgan fingerprint density at radius 1 is 1.36 bits per heavy atom. The van der Waals surface area contributed by atoms with Gasteiger partial charge in [-0.15, -0.1) is 11.3 Å². The minimum atomic E-state index is -0.0947. The second-order valence-corrected chi connectivity index (χ2v) is 7.45. The van der Waals surface area contributed by atoms with E-state index in [9.17, 15) is 9.90 Å². The number of imidazole rings is 1. The molecule has 1 amide bonds. The third-order valence-electron chi connectivity index (χ3n) is 4.68. The van der Waals surface area contributed by atoms with Gasteiger partial charge in [0.15, 0.2) is 4.96 Å². The molecule has 1 aliphatic rings. The second-order valence-electron chi connectivity index (χ2n) is 6.21. The average Bonchev–Trinajstić information content (AvgIpc) is 3.22. The number of hydrogen-bond donors (Lipinski definition) is 1. The van der Waals surface area contributed by atoms with Crippen LogP contribution >= 0.6 is 22.9 Å². The van der Waals surface area contributed by atoms with E-state index in [1.54, 1.807) is 4.90 Å². The van der Waals surface area contributed by atoms with E-state index in [1.165, 1.54) is 11.3 Å². The topological polar surface area (TPSA) is 57.8 Å². The van der Waals surface area contributed by atoms with Crippen molar-refractivity contribution in [2.75, 3.05) is 13.2 Å². The summed E-state index contributed by atoms with van der Waals surface area (Å²) in [5.74, 6) is -0.0480. The van der Waals surface area contributed by atoms with Gasteiger partial charge in [0.05, 0.1) is 23.4 Å².